The third-order valence-electron chi connectivity index (χ3n) is 2.65. The summed E-state index contributed by atoms with van der Waals surface area (Å²) < 4.78 is 36.8. The van der Waals surface area contributed by atoms with E-state index in [0.29, 0.717) is 17.7 Å². The highest BCUT2D eigenvalue weighted by atomic mass is 19.4. The first-order valence-electron chi connectivity index (χ1n) is 6.02. The van der Waals surface area contributed by atoms with Gasteiger partial charge in [0.1, 0.15) is 0 Å². The minimum absolute atomic E-state index is 0.125. The number of nitrogens with two attached hydrogens (primary N) is 1. The largest absolute Gasteiger partial charge is 0.490 e. The Kier molecular flexibility index (Phi) is 5.09. The van der Waals surface area contributed by atoms with E-state index in [-0.39, 0.29) is 6.04 Å². The van der Waals surface area contributed by atoms with Crippen molar-refractivity contribution in [2.45, 2.75) is 44.8 Å². The van der Waals surface area contributed by atoms with E-state index in [9.17, 15) is 13.2 Å². The fourth-order valence-corrected chi connectivity index (χ4v) is 1.18. The Hall–Kier alpha value is -1.64. The molecule has 114 valence electrons. The van der Waals surface area contributed by atoms with Crippen molar-refractivity contribution in [1.29, 1.82) is 0 Å². The smallest absolute Gasteiger partial charge is 0.475 e. The number of hydrogen-bond donors (Lipinski definition) is 2. The van der Waals surface area contributed by atoms with E-state index in [2.05, 4.69) is 10.1 Å². The van der Waals surface area contributed by atoms with Crippen LogP contribution in [0.5, 0.6) is 0 Å². The lowest BCUT2D eigenvalue weighted by Gasteiger charge is -2.09. The SMILES string of the molecule is CC(C)[C@H](N)c1nc(C2CC2)no1.O=C(O)C(F)(F)F. The summed E-state index contributed by atoms with van der Waals surface area (Å²) in [5.74, 6) is -0.458. The maximum atomic E-state index is 10.6. The molecule has 1 aromatic rings. The number of carbonyl (C=O) groups is 1. The summed E-state index contributed by atoms with van der Waals surface area (Å²) >= 11 is 0. The van der Waals surface area contributed by atoms with Crippen LogP contribution in [-0.2, 0) is 4.79 Å². The molecule has 0 aromatic carbocycles. The molecule has 6 nitrogen and oxygen atoms in total. The van der Waals surface area contributed by atoms with Crippen molar-refractivity contribution in [2.24, 2.45) is 11.7 Å². The lowest BCUT2D eigenvalue weighted by atomic mass is 10.1. The molecule has 1 atom stereocenters. The highest BCUT2D eigenvalue weighted by Gasteiger charge is 2.38. The van der Waals surface area contributed by atoms with Gasteiger partial charge in [0, 0.05) is 5.92 Å². The zero-order valence-corrected chi connectivity index (χ0v) is 11.0. The third-order valence-corrected chi connectivity index (χ3v) is 2.65. The maximum absolute atomic E-state index is 10.6. The molecule has 0 radical (unpaired) electrons. The second-order valence-corrected chi connectivity index (χ2v) is 4.84. The molecular weight excluding hydrogens is 279 g/mol. The molecule has 3 N–H and O–H groups in total. The van der Waals surface area contributed by atoms with E-state index in [4.69, 9.17) is 20.2 Å². The summed E-state index contributed by atoms with van der Waals surface area (Å²) in [6, 6.07) is -0.125. The summed E-state index contributed by atoms with van der Waals surface area (Å²) in [6.45, 7) is 4.09. The Balaban J connectivity index is 0.000000246. The van der Waals surface area contributed by atoms with Crippen LogP contribution in [0.25, 0.3) is 0 Å². The Morgan fingerprint density at radius 2 is 1.95 bits per heavy atom. The predicted molar refractivity (Wildman–Crippen MR) is 61.7 cm³/mol. The normalized spacial score (nSPS) is 16.6. The summed E-state index contributed by atoms with van der Waals surface area (Å²) in [5, 5.41) is 11.0. The van der Waals surface area contributed by atoms with E-state index in [1.807, 2.05) is 13.8 Å². The van der Waals surface area contributed by atoms with Crippen LogP contribution in [0.1, 0.15) is 50.4 Å². The molecule has 0 spiro atoms. The Labute approximate surface area is 113 Å². The van der Waals surface area contributed by atoms with Crippen molar-refractivity contribution < 1.29 is 27.6 Å². The summed E-state index contributed by atoms with van der Waals surface area (Å²) in [7, 11) is 0. The molecule has 1 heterocycles. The molecule has 20 heavy (non-hydrogen) atoms. The van der Waals surface area contributed by atoms with Crippen molar-refractivity contribution in [3.63, 3.8) is 0 Å². The van der Waals surface area contributed by atoms with Gasteiger partial charge in [0.05, 0.1) is 6.04 Å². The van der Waals surface area contributed by atoms with Crippen LogP contribution in [0.2, 0.25) is 0 Å². The zero-order valence-electron chi connectivity index (χ0n) is 11.0. The zero-order chi connectivity index (χ0) is 15.5. The number of rotatable bonds is 3. The lowest BCUT2D eigenvalue weighted by Crippen LogP contribution is -2.21. The van der Waals surface area contributed by atoms with Gasteiger partial charge >= 0.3 is 12.1 Å². The number of aromatic nitrogens is 2. The van der Waals surface area contributed by atoms with Gasteiger partial charge in [-0.15, -0.1) is 0 Å². The predicted octanol–water partition coefficient (Wildman–Crippen LogP) is 2.24. The van der Waals surface area contributed by atoms with E-state index in [1.54, 1.807) is 0 Å². The Morgan fingerprint density at radius 1 is 1.45 bits per heavy atom. The molecule has 9 heteroatoms. The van der Waals surface area contributed by atoms with Gasteiger partial charge in [0.15, 0.2) is 5.82 Å². The van der Waals surface area contributed by atoms with Crippen molar-refractivity contribution >= 4 is 5.97 Å². The van der Waals surface area contributed by atoms with Crippen LogP contribution in [-0.4, -0.2) is 27.4 Å². The molecule has 0 amide bonds. The molecule has 2 rings (SSSR count). The average Bonchev–Trinajstić information content (AvgIpc) is 3.06. The number of aliphatic carboxylic acids is 1. The number of alkyl halides is 3. The van der Waals surface area contributed by atoms with Crippen molar-refractivity contribution in [1.82, 2.24) is 10.1 Å². The Bertz CT molecular complexity index is 455. The standard InChI is InChI=1S/C9H15N3O.C2HF3O2/c1-5(2)7(10)9-11-8(12-13-9)6-3-4-6;3-2(4,5)1(6)7/h5-7H,3-4,10H2,1-2H3;(H,6,7)/t7-;/m0./s1. The van der Waals surface area contributed by atoms with Gasteiger partial charge in [0.25, 0.3) is 0 Å². The minimum Gasteiger partial charge on any atom is -0.475 e. The molecule has 0 bridgehead atoms. The monoisotopic (exact) mass is 295 g/mol. The number of carboxylic acids is 1. The van der Waals surface area contributed by atoms with Gasteiger partial charge in [-0.2, -0.15) is 18.2 Å². The van der Waals surface area contributed by atoms with Crippen LogP contribution in [0, 0.1) is 5.92 Å². The van der Waals surface area contributed by atoms with Gasteiger partial charge in [0.2, 0.25) is 5.89 Å². The van der Waals surface area contributed by atoms with Gasteiger partial charge in [-0.05, 0) is 18.8 Å². The quantitative estimate of drug-likeness (QED) is 0.886. The van der Waals surface area contributed by atoms with Gasteiger partial charge < -0.3 is 15.4 Å². The maximum Gasteiger partial charge on any atom is 0.490 e. The second-order valence-electron chi connectivity index (χ2n) is 4.84. The summed E-state index contributed by atoms with van der Waals surface area (Å²) in [4.78, 5) is 13.2. The van der Waals surface area contributed by atoms with Crippen molar-refractivity contribution in [2.75, 3.05) is 0 Å². The first-order chi connectivity index (χ1) is 9.12. The molecule has 0 saturated heterocycles. The highest BCUT2D eigenvalue weighted by Crippen LogP contribution is 2.38. The number of hydrogen-bond acceptors (Lipinski definition) is 5. The summed E-state index contributed by atoms with van der Waals surface area (Å²) in [6.07, 6.45) is -2.70. The van der Waals surface area contributed by atoms with E-state index in [1.165, 1.54) is 12.8 Å². The number of carboxylic acid groups (broad SMARTS) is 1. The fraction of sp³-hybridized carbons (Fsp3) is 0.727. The van der Waals surface area contributed by atoms with E-state index >= 15 is 0 Å². The molecular formula is C11H16F3N3O3. The highest BCUT2D eigenvalue weighted by molar-refractivity contribution is 5.73. The van der Waals surface area contributed by atoms with Gasteiger partial charge in [-0.25, -0.2) is 4.79 Å². The van der Waals surface area contributed by atoms with Crippen LogP contribution < -0.4 is 5.73 Å². The molecule has 1 saturated carbocycles. The minimum atomic E-state index is -5.08. The first kappa shape index (κ1) is 16.4. The van der Waals surface area contributed by atoms with E-state index < -0.39 is 12.1 Å². The molecule has 1 fully saturated rings. The molecule has 0 unspecified atom stereocenters. The number of halogens is 3. The molecule has 1 aliphatic carbocycles. The van der Waals surface area contributed by atoms with Gasteiger partial charge in [-0.3, -0.25) is 0 Å². The van der Waals surface area contributed by atoms with Gasteiger partial charge in [-0.1, -0.05) is 19.0 Å². The molecule has 1 aliphatic rings. The topological polar surface area (TPSA) is 102 Å². The molecule has 0 aliphatic heterocycles. The number of nitrogens with zero attached hydrogens (tertiary/aromatic N) is 2. The van der Waals surface area contributed by atoms with Crippen molar-refractivity contribution in [3.05, 3.63) is 11.7 Å². The van der Waals surface area contributed by atoms with Crippen LogP contribution in [0.15, 0.2) is 4.52 Å². The Morgan fingerprint density at radius 3 is 2.30 bits per heavy atom. The lowest BCUT2D eigenvalue weighted by molar-refractivity contribution is -0.192. The van der Waals surface area contributed by atoms with E-state index in [0.717, 1.165) is 5.82 Å². The summed E-state index contributed by atoms with van der Waals surface area (Å²) in [5.41, 5.74) is 5.88. The fourth-order valence-electron chi connectivity index (χ4n) is 1.18. The average molecular weight is 295 g/mol. The second kappa shape index (κ2) is 6.21. The van der Waals surface area contributed by atoms with Crippen molar-refractivity contribution in [3.8, 4) is 0 Å². The third kappa shape index (κ3) is 4.80. The van der Waals surface area contributed by atoms with Crippen LogP contribution >= 0.6 is 0 Å². The molecule has 1 aromatic heterocycles. The van der Waals surface area contributed by atoms with Crippen LogP contribution in [0.4, 0.5) is 13.2 Å². The van der Waals surface area contributed by atoms with Crippen LogP contribution in [0.3, 0.4) is 0 Å². The first-order valence-corrected chi connectivity index (χ1v) is 6.02.